The molecule has 0 aromatic heterocycles. The fraction of sp³-hybridized carbons (Fsp3) is 0.0800. The normalized spacial score (nSPS) is 10.8. The Morgan fingerprint density at radius 1 is 0.844 bits per heavy atom. The molecule has 0 fully saturated rings. The molecule has 32 heavy (non-hydrogen) atoms. The van der Waals surface area contributed by atoms with E-state index in [1.54, 1.807) is 55.7 Å². The molecule has 0 aliphatic carbocycles. The van der Waals surface area contributed by atoms with Gasteiger partial charge in [-0.1, -0.05) is 30.3 Å². The standard InChI is InChI=1S/C25H22N2O5/c1-30-21-12-10-20(11-13-21)25(29)27-26-17-19-8-14-22(23(16-19)31-2)32-24(28)15-9-18-6-4-3-5-7-18/h3-17H,1-2H3,(H,27,29). The predicted octanol–water partition coefficient (Wildman–Crippen LogP) is 4.09. The third kappa shape index (κ3) is 6.30. The van der Waals surface area contributed by atoms with Crippen LogP contribution in [0.3, 0.4) is 0 Å². The lowest BCUT2D eigenvalue weighted by atomic mass is 10.2. The van der Waals surface area contributed by atoms with E-state index in [-0.39, 0.29) is 11.7 Å². The summed E-state index contributed by atoms with van der Waals surface area (Å²) in [5.74, 6) is 0.409. The molecule has 7 nitrogen and oxygen atoms in total. The van der Waals surface area contributed by atoms with E-state index < -0.39 is 5.97 Å². The third-order valence-corrected chi connectivity index (χ3v) is 4.34. The zero-order chi connectivity index (χ0) is 22.8. The Balaban J connectivity index is 1.60. The van der Waals surface area contributed by atoms with Crippen LogP contribution in [0.1, 0.15) is 21.5 Å². The number of carbonyl (C=O) groups excluding carboxylic acids is 2. The van der Waals surface area contributed by atoms with Crippen molar-refractivity contribution in [2.45, 2.75) is 0 Å². The summed E-state index contributed by atoms with van der Waals surface area (Å²) in [5.41, 5.74) is 4.44. The molecule has 0 unspecified atom stereocenters. The van der Waals surface area contributed by atoms with Gasteiger partial charge in [-0.15, -0.1) is 0 Å². The van der Waals surface area contributed by atoms with Crippen LogP contribution in [0.5, 0.6) is 17.2 Å². The molecule has 162 valence electrons. The number of nitrogens with one attached hydrogen (secondary N) is 1. The van der Waals surface area contributed by atoms with Crippen LogP contribution in [0.15, 0.2) is 84.0 Å². The van der Waals surface area contributed by atoms with Crippen molar-refractivity contribution < 1.29 is 23.8 Å². The van der Waals surface area contributed by atoms with Crippen LogP contribution in [-0.2, 0) is 4.79 Å². The molecule has 1 N–H and O–H groups in total. The van der Waals surface area contributed by atoms with Gasteiger partial charge in [0.1, 0.15) is 5.75 Å². The average molecular weight is 430 g/mol. The van der Waals surface area contributed by atoms with Gasteiger partial charge in [-0.25, -0.2) is 10.2 Å². The maximum atomic E-state index is 12.1. The molecule has 0 saturated heterocycles. The van der Waals surface area contributed by atoms with E-state index in [1.807, 2.05) is 30.3 Å². The van der Waals surface area contributed by atoms with Crippen LogP contribution in [0.2, 0.25) is 0 Å². The van der Waals surface area contributed by atoms with E-state index in [2.05, 4.69) is 10.5 Å². The minimum Gasteiger partial charge on any atom is -0.497 e. The first-order chi connectivity index (χ1) is 15.6. The van der Waals surface area contributed by atoms with Gasteiger partial charge in [-0.05, 0) is 59.7 Å². The summed E-state index contributed by atoms with van der Waals surface area (Å²) in [6, 6.07) is 21.0. The topological polar surface area (TPSA) is 86.2 Å². The Hall–Kier alpha value is -4.39. The van der Waals surface area contributed by atoms with Crippen molar-refractivity contribution >= 4 is 24.2 Å². The van der Waals surface area contributed by atoms with Crippen LogP contribution in [-0.4, -0.2) is 32.3 Å². The summed E-state index contributed by atoms with van der Waals surface area (Å²) in [6.07, 6.45) is 4.48. The van der Waals surface area contributed by atoms with Gasteiger partial charge in [-0.3, -0.25) is 4.79 Å². The zero-order valence-corrected chi connectivity index (χ0v) is 17.6. The lowest BCUT2D eigenvalue weighted by Gasteiger charge is -2.08. The summed E-state index contributed by atoms with van der Waals surface area (Å²) in [7, 11) is 3.03. The molecule has 3 aromatic carbocycles. The summed E-state index contributed by atoms with van der Waals surface area (Å²) in [6.45, 7) is 0. The van der Waals surface area contributed by atoms with E-state index in [9.17, 15) is 9.59 Å². The van der Waals surface area contributed by atoms with Crippen molar-refractivity contribution in [1.82, 2.24) is 5.43 Å². The lowest BCUT2D eigenvalue weighted by molar-refractivity contribution is -0.129. The van der Waals surface area contributed by atoms with Crippen LogP contribution in [0, 0.1) is 0 Å². The molecular formula is C25H22N2O5. The maximum Gasteiger partial charge on any atom is 0.336 e. The third-order valence-electron chi connectivity index (χ3n) is 4.34. The minimum atomic E-state index is -0.527. The Morgan fingerprint density at radius 2 is 1.59 bits per heavy atom. The number of amides is 1. The molecule has 0 atom stereocenters. The number of hydrogen-bond acceptors (Lipinski definition) is 6. The molecule has 0 radical (unpaired) electrons. The second-order valence-electron chi connectivity index (χ2n) is 6.50. The molecule has 0 spiro atoms. The quantitative estimate of drug-likeness (QED) is 0.191. The van der Waals surface area contributed by atoms with E-state index in [0.29, 0.717) is 22.6 Å². The Morgan fingerprint density at radius 3 is 2.28 bits per heavy atom. The SMILES string of the molecule is COc1ccc(C(=O)NN=Cc2ccc(OC(=O)C=Cc3ccccc3)c(OC)c2)cc1. The molecule has 1 amide bonds. The van der Waals surface area contributed by atoms with Gasteiger partial charge in [0.25, 0.3) is 5.91 Å². The molecule has 3 aromatic rings. The van der Waals surface area contributed by atoms with Gasteiger partial charge < -0.3 is 14.2 Å². The summed E-state index contributed by atoms with van der Waals surface area (Å²) in [4.78, 5) is 24.3. The number of hydrazone groups is 1. The van der Waals surface area contributed by atoms with Gasteiger partial charge in [0.05, 0.1) is 20.4 Å². The molecule has 0 aliphatic heterocycles. The number of esters is 1. The fourth-order valence-corrected chi connectivity index (χ4v) is 2.69. The minimum absolute atomic E-state index is 0.273. The smallest absolute Gasteiger partial charge is 0.336 e. The Labute approximate surface area is 185 Å². The largest absolute Gasteiger partial charge is 0.497 e. The predicted molar refractivity (Wildman–Crippen MR) is 122 cm³/mol. The van der Waals surface area contributed by atoms with Crippen LogP contribution in [0.25, 0.3) is 6.08 Å². The summed E-state index contributed by atoms with van der Waals surface area (Å²) < 4.78 is 15.7. The van der Waals surface area contributed by atoms with Crippen molar-refractivity contribution in [2.75, 3.05) is 14.2 Å². The number of hydrogen-bond donors (Lipinski definition) is 1. The van der Waals surface area contributed by atoms with Crippen molar-refractivity contribution in [3.05, 3.63) is 95.6 Å². The first-order valence-corrected chi connectivity index (χ1v) is 9.69. The molecular weight excluding hydrogens is 408 g/mol. The van der Waals surface area contributed by atoms with Crippen molar-refractivity contribution in [3.8, 4) is 17.2 Å². The molecule has 0 heterocycles. The fourth-order valence-electron chi connectivity index (χ4n) is 2.69. The number of rotatable bonds is 8. The van der Waals surface area contributed by atoms with Crippen LogP contribution in [0.4, 0.5) is 0 Å². The number of carbonyl (C=O) groups is 2. The highest BCUT2D eigenvalue weighted by Crippen LogP contribution is 2.27. The second kappa shape index (κ2) is 11.1. The zero-order valence-electron chi connectivity index (χ0n) is 17.6. The highest BCUT2D eigenvalue weighted by Gasteiger charge is 2.09. The lowest BCUT2D eigenvalue weighted by Crippen LogP contribution is -2.17. The van der Waals surface area contributed by atoms with E-state index in [1.165, 1.54) is 19.4 Å². The monoisotopic (exact) mass is 430 g/mol. The van der Waals surface area contributed by atoms with Gasteiger partial charge >= 0.3 is 5.97 Å². The number of ether oxygens (including phenoxy) is 3. The highest BCUT2D eigenvalue weighted by molar-refractivity contribution is 5.95. The first-order valence-electron chi connectivity index (χ1n) is 9.69. The van der Waals surface area contributed by atoms with Gasteiger partial charge in [0.15, 0.2) is 11.5 Å². The van der Waals surface area contributed by atoms with E-state index >= 15 is 0 Å². The molecule has 0 bridgehead atoms. The second-order valence-corrected chi connectivity index (χ2v) is 6.50. The average Bonchev–Trinajstić information content (AvgIpc) is 2.84. The van der Waals surface area contributed by atoms with Crippen molar-refractivity contribution in [1.29, 1.82) is 0 Å². The van der Waals surface area contributed by atoms with Gasteiger partial charge in [0.2, 0.25) is 0 Å². The number of methoxy groups -OCH3 is 2. The summed E-state index contributed by atoms with van der Waals surface area (Å²) >= 11 is 0. The van der Waals surface area contributed by atoms with Crippen LogP contribution < -0.4 is 19.6 Å². The van der Waals surface area contributed by atoms with Gasteiger partial charge in [-0.2, -0.15) is 5.10 Å². The van der Waals surface area contributed by atoms with E-state index in [4.69, 9.17) is 14.2 Å². The van der Waals surface area contributed by atoms with Gasteiger partial charge in [0, 0.05) is 11.6 Å². The van der Waals surface area contributed by atoms with Crippen molar-refractivity contribution in [2.24, 2.45) is 5.10 Å². The molecule has 0 saturated carbocycles. The Kier molecular flexibility index (Phi) is 7.75. The molecule has 0 aliphatic rings. The maximum absolute atomic E-state index is 12.1. The number of benzene rings is 3. The first kappa shape index (κ1) is 22.3. The summed E-state index contributed by atoms with van der Waals surface area (Å²) in [5, 5.41) is 3.96. The Bertz CT molecular complexity index is 1120. The highest BCUT2D eigenvalue weighted by atomic mass is 16.6. The van der Waals surface area contributed by atoms with Crippen molar-refractivity contribution in [3.63, 3.8) is 0 Å². The number of nitrogens with zero attached hydrogens (tertiary/aromatic N) is 1. The molecule has 3 rings (SSSR count). The van der Waals surface area contributed by atoms with Crippen LogP contribution >= 0.6 is 0 Å². The van der Waals surface area contributed by atoms with E-state index in [0.717, 1.165) is 5.56 Å². The molecule has 7 heteroatoms.